The molecule has 0 amide bonds. The summed E-state index contributed by atoms with van der Waals surface area (Å²) in [6.07, 6.45) is 1.05. The van der Waals surface area contributed by atoms with E-state index in [4.69, 9.17) is 27.9 Å². The summed E-state index contributed by atoms with van der Waals surface area (Å²) in [6.45, 7) is 2.20. The number of para-hydroxylation sites is 1. The normalized spacial score (nSPS) is 10.8. The number of halogens is 2. The lowest BCUT2D eigenvalue weighted by molar-refractivity contribution is -0.143. The van der Waals surface area contributed by atoms with Crippen LogP contribution in [0.15, 0.2) is 53.7 Å². The van der Waals surface area contributed by atoms with Crippen LogP contribution in [0.2, 0.25) is 10.0 Å². The molecule has 3 aromatic rings. The number of ether oxygens (including phenoxy) is 1. The minimum absolute atomic E-state index is 0.188. The summed E-state index contributed by atoms with van der Waals surface area (Å²) in [4.78, 5) is 11.5. The topological polar surface area (TPSA) is 57.0 Å². The van der Waals surface area contributed by atoms with E-state index < -0.39 is 0 Å². The van der Waals surface area contributed by atoms with Gasteiger partial charge in [0.15, 0.2) is 11.0 Å². The fraction of sp³-hybridized carbons (Fsp3) is 0.250. The van der Waals surface area contributed by atoms with E-state index in [0.717, 1.165) is 11.3 Å². The molecule has 8 heteroatoms. The molecule has 3 rings (SSSR count). The quantitative estimate of drug-likeness (QED) is 0.259. The highest BCUT2D eigenvalue weighted by atomic mass is 35.5. The number of carbonyl (C=O) groups is 1. The Hall–Kier alpha value is -2.02. The molecule has 0 saturated carbocycles. The summed E-state index contributed by atoms with van der Waals surface area (Å²) in [7, 11) is 0. The van der Waals surface area contributed by atoms with E-state index in [2.05, 4.69) is 10.2 Å². The SMILES string of the molecule is CCOC(=O)CCCSc1nnc(-c2ccccc2Cl)n1-c1ccccc1Cl. The Labute approximate surface area is 178 Å². The van der Waals surface area contributed by atoms with Crippen molar-refractivity contribution < 1.29 is 9.53 Å². The van der Waals surface area contributed by atoms with E-state index in [-0.39, 0.29) is 5.97 Å². The largest absolute Gasteiger partial charge is 0.466 e. The van der Waals surface area contributed by atoms with Crippen molar-refractivity contribution in [3.8, 4) is 17.1 Å². The van der Waals surface area contributed by atoms with Gasteiger partial charge < -0.3 is 4.74 Å². The Morgan fingerprint density at radius 2 is 1.79 bits per heavy atom. The van der Waals surface area contributed by atoms with Crippen LogP contribution in [0, 0.1) is 0 Å². The minimum atomic E-state index is -0.188. The zero-order chi connectivity index (χ0) is 19.9. The molecule has 2 aromatic carbocycles. The summed E-state index contributed by atoms with van der Waals surface area (Å²) in [5.41, 5.74) is 1.55. The van der Waals surface area contributed by atoms with E-state index in [1.54, 1.807) is 6.92 Å². The van der Waals surface area contributed by atoms with Gasteiger partial charge in [0.05, 0.1) is 22.3 Å². The highest BCUT2D eigenvalue weighted by Gasteiger charge is 2.19. The number of rotatable bonds is 8. The monoisotopic (exact) mass is 435 g/mol. The van der Waals surface area contributed by atoms with Gasteiger partial charge in [-0.1, -0.05) is 59.2 Å². The van der Waals surface area contributed by atoms with Gasteiger partial charge in [0.25, 0.3) is 0 Å². The number of benzene rings is 2. The second-order valence-electron chi connectivity index (χ2n) is 5.83. The first-order valence-electron chi connectivity index (χ1n) is 8.85. The van der Waals surface area contributed by atoms with Gasteiger partial charge in [0, 0.05) is 17.7 Å². The molecular weight excluding hydrogens is 417 g/mol. The third-order valence-electron chi connectivity index (χ3n) is 3.90. The predicted octanol–water partition coefficient (Wildman–Crippen LogP) is 5.68. The Balaban J connectivity index is 1.90. The van der Waals surface area contributed by atoms with Crippen LogP contribution in [-0.4, -0.2) is 33.1 Å². The molecule has 146 valence electrons. The average Bonchev–Trinajstić information content (AvgIpc) is 3.09. The smallest absolute Gasteiger partial charge is 0.305 e. The predicted molar refractivity (Wildman–Crippen MR) is 113 cm³/mol. The highest BCUT2D eigenvalue weighted by Crippen LogP contribution is 2.34. The zero-order valence-corrected chi connectivity index (χ0v) is 17.6. The number of hydrogen-bond donors (Lipinski definition) is 0. The molecule has 0 aliphatic heterocycles. The summed E-state index contributed by atoms with van der Waals surface area (Å²) in [5.74, 6) is 1.13. The van der Waals surface area contributed by atoms with Gasteiger partial charge in [-0.2, -0.15) is 0 Å². The Kier molecular flexibility index (Phi) is 7.36. The number of esters is 1. The van der Waals surface area contributed by atoms with E-state index in [9.17, 15) is 4.79 Å². The maximum Gasteiger partial charge on any atom is 0.305 e. The van der Waals surface area contributed by atoms with Crippen LogP contribution in [0.4, 0.5) is 0 Å². The van der Waals surface area contributed by atoms with E-state index >= 15 is 0 Å². The van der Waals surface area contributed by atoms with Crippen LogP contribution >= 0.6 is 35.0 Å². The molecule has 5 nitrogen and oxygen atoms in total. The molecular formula is C20H19Cl2N3O2S. The van der Waals surface area contributed by atoms with Gasteiger partial charge in [-0.05, 0) is 37.6 Å². The van der Waals surface area contributed by atoms with Gasteiger partial charge in [-0.15, -0.1) is 10.2 Å². The maximum absolute atomic E-state index is 11.5. The minimum Gasteiger partial charge on any atom is -0.466 e. The van der Waals surface area contributed by atoms with Crippen molar-refractivity contribution in [2.45, 2.75) is 24.9 Å². The van der Waals surface area contributed by atoms with Crippen molar-refractivity contribution in [3.05, 3.63) is 58.6 Å². The molecule has 0 aliphatic rings. The van der Waals surface area contributed by atoms with Crippen LogP contribution in [0.3, 0.4) is 0 Å². The average molecular weight is 436 g/mol. The van der Waals surface area contributed by atoms with Gasteiger partial charge in [-0.25, -0.2) is 0 Å². The fourth-order valence-electron chi connectivity index (χ4n) is 2.64. The first kappa shape index (κ1) is 20.7. The highest BCUT2D eigenvalue weighted by molar-refractivity contribution is 7.99. The Bertz CT molecular complexity index is 962. The number of nitrogens with zero attached hydrogens (tertiary/aromatic N) is 3. The van der Waals surface area contributed by atoms with Gasteiger partial charge in [0.1, 0.15) is 0 Å². The number of aromatic nitrogens is 3. The molecule has 0 atom stereocenters. The van der Waals surface area contributed by atoms with E-state index in [1.807, 2.05) is 53.1 Å². The van der Waals surface area contributed by atoms with Crippen molar-refractivity contribution in [2.75, 3.05) is 12.4 Å². The Morgan fingerprint density at radius 1 is 1.07 bits per heavy atom. The molecule has 0 saturated heterocycles. The maximum atomic E-state index is 11.5. The lowest BCUT2D eigenvalue weighted by atomic mass is 10.2. The molecule has 28 heavy (non-hydrogen) atoms. The molecule has 0 bridgehead atoms. The van der Waals surface area contributed by atoms with Crippen LogP contribution in [-0.2, 0) is 9.53 Å². The molecule has 0 fully saturated rings. The molecule has 0 aliphatic carbocycles. The second-order valence-corrected chi connectivity index (χ2v) is 7.71. The third kappa shape index (κ3) is 4.87. The van der Waals surface area contributed by atoms with Crippen molar-refractivity contribution in [1.29, 1.82) is 0 Å². The second kappa shape index (κ2) is 9.96. The fourth-order valence-corrected chi connectivity index (χ4v) is 3.97. The van der Waals surface area contributed by atoms with Crippen LogP contribution in [0.25, 0.3) is 17.1 Å². The van der Waals surface area contributed by atoms with Crippen LogP contribution in [0.5, 0.6) is 0 Å². The number of hydrogen-bond acceptors (Lipinski definition) is 5. The molecule has 0 N–H and O–H groups in total. The lowest BCUT2D eigenvalue weighted by Crippen LogP contribution is -2.04. The van der Waals surface area contributed by atoms with Gasteiger partial charge in [0.2, 0.25) is 0 Å². The van der Waals surface area contributed by atoms with Gasteiger partial charge >= 0.3 is 5.97 Å². The van der Waals surface area contributed by atoms with E-state index in [0.29, 0.717) is 46.2 Å². The first-order chi connectivity index (χ1) is 13.6. The number of thioether (sulfide) groups is 1. The number of carbonyl (C=O) groups excluding carboxylic acids is 1. The third-order valence-corrected chi connectivity index (χ3v) is 5.57. The molecule has 0 spiro atoms. The van der Waals surface area contributed by atoms with E-state index in [1.165, 1.54) is 11.8 Å². The van der Waals surface area contributed by atoms with Crippen molar-refractivity contribution >= 4 is 40.9 Å². The molecule has 0 radical (unpaired) electrons. The summed E-state index contributed by atoms with van der Waals surface area (Å²) in [5, 5.41) is 10.6. The lowest BCUT2D eigenvalue weighted by Gasteiger charge is -2.12. The first-order valence-corrected chi connectivity index (χ1v) is 10.6. The van der Waals surface area contributed by atoms with Crippen LogP contribution < -0.4 is 0 Å². The van der Waals surface area contributed by atoms with Crippen molar-refractivity contribution in [2.24, 2.45) is 0 Å². The summed E-state index contributed by atoms with van der Waals surface area (Å²) >= 11 is 14.3. The zero-order valence-electron chi connectivity index (χ0n) is 15.3. The molecule has 1 heterocycles. The standard InChI is InChI=1S/C20H19Cl2N3O2S/c1-2-27-18(26)12-7-13-28-20-24-23-19(14-8-3-4-9-15(14)21)25(20)17-11-6-5-10-16(17)22/h3-6,8-11H,2,7,12-13H2,1H3. The van der Waals surface area contributed by atoms with Crippen LogP contribution in [0.1, 0.15) is 19.8 Å². The summed E-state index contributed by atoms with van der Waals surface area (Å²) in [6, 6.07) is 15.0. The molecule has 0 unspecified atom stereocenters. The van der Waals surface area contributed by atoms with Gasteiger partial charge in [-0.3, -0.25) is 9.36 Å². The molecule has 1 aromatic heterocycles. The van der Waals surface area contributed by atoms with Crippen molar-refractivity contribution in [3.63, 3.8) is 0 Å². The Morgan fingerprint density at radius 3 is 2.50 bits per heavy atom. The van der Waals surface area contributed by atoms with Crippen molar-refractivity contribution in [1.82, 2.24) is 14.8 Å². The summed E-state index contributed by atoms with van der Waals surface area (Å²) < 4.78 is 6.87.